The molecule has 0 radical (unpaired) electrons. The van der Waals surface area contributed by atoms with Crippen LogP contribution < -0.4 is 10.5 Å². The summed E-state index contributed by atoms with van der Waals surface area (Å²) in [5, 5.41) is 9.24. The Labute approximate surface area is 112 Å². The zero-order valence-corrected chi connectivity index (χ0v) is 11.0. The third kappa shape index (κ3) is 2.36. The third-order valence-electron chi connectivity index (χ3n) is 3.05. The van der Waals surface area contributed by atoms with Gasteiger partial charge in [-0.15, -0.1) is 0 Å². The van der Waals surface area contributed by atoms with Crippen LogP contribution in [0, 0.1) is 11.3 Å². The van der Waals surface area contributed by atoms with E-state index in [1.807, 2.05) is 18.2 Å². The van der Waals surface area contributed by atoms with Crippen molar-refractivity contribution in [2.24, 2.45) is 0 Å². The van der Waals surface area contributed by atoms with Crippen molar-refractivity contribution in [2.75, 3.05) is 12.8 Å². The van der Waals surface area contributed by atoms with Crippen LogP contribution in [0.15, 0.2) is 30.5 Å². The molecule has 0 saturated carbocycles. The number of methoxy groups -OCH3 is 1. The second-order valence-electron chi connectivity index (χ2n) is 4.12. The van der Waals surface area contributed by atoms with Gasteiger partial charge >= 0.3 is 0 Å². The van der Waals surface area contributed by atoms with E-state index in [1.54, 1.807) is 19.4 Å². The number of aromatic nitrogens is 1. The third-order valence-corrected chi connectivity index (χ3v) is 3.05. The predicted octanol–water partition coefficient (Wildman–Crippen LogP) is 2.77. The average Bonchev–Trinajstić information content (AvgIpc) is 2.46. The SMILES string of the molecule is CCc1ccc(OC)c(-c2ccnc(N)c2C#N)c1. The Morgan fingerprint density at radius 3 is 2.74 bits per heavy atom. The molecule has 0 aliphatic carbocycles. The van der Waals surface area contributed by atoms with E-state index in [9.17, 15) is 5.26 Å². The highest BCUT2D eigenvalue weighted by Gasteiger charge is 2.13. The summed E-state index contributed by atoms with van der Waals surface area (Å²) < 4.78 is 5.37. The number of pyridine rings is 1. The fourth-order valence-electron chi connectivity index (χ4n) is 2.01. The Bertz CT molecular complexity index is 644. The standard InChI is InChI=1S/C15H15N3O/c1-3-10-4-5-14(19-2)12(8-10)11-6-7-18-15(17)13(11)9-16/h4-8H,3H2,1-2H3,(H2,17,18). The summed E-state index contributed by atoms with van der Waals surface area (Å²) in [6.45, 7) is 2.08. The minimum atomic E-state index is 0.240. The first kappa shape index (κ1) is 12.9. The lowest BCUT2D eigenvalue weighted by Gasteiger charge is -2.12. The number of nitrogens with zero attached hydrogens (tertiary/aromatic N) is 2. The number of benzene rings is 1. The summed E-state index contributed by atoms with van der Waals surface area (Å²) in [6, 6.07) is 9.84. The molecule has 0 aliphatic rings. The Kier molecular flexibility index (Phi) is 3.67. The van der Waals surface area contributed by atoms with Gasteiger partial charge in [-0.3, -0.25) is 0 Å². The fourth-order valence-corrected chi connectivity index (χ4v) is 2.01. The van der Waals surface area contributed by atoms with Crippen molar-refractivity contribution in [3.05, 3.63) is 41.6 Å². The van der Waals surface area contributed by atoms with Crippen LogP contribution in [-0.4, -0.2) is 12.1 Å². The van der Waals surface area contributed by atoms with E-state index in [1.165, 1.54) is 5.56 Å². The lowest BCUT2D eigenvalue weighted by molar-refractivity contribution is 0.416. The van der Waals surface area contributed by atoms with Gasteiger partial charge in [0.25, 0.3) is 0 Å². The zero-order valence-electron chi connectivity index (χ0n) is 11.0. The van der Waals surface area contributed by atoms with Crippen molar-refractivity contribution in [3.63, 3.8) is 0 Å². The van der Waals surface area contributed by atoms with Crippen molar-refractivity contribution in [2.45, 2.75) is 13.3 Å². The quantitative estimate of drug-likeness (QED) is 0.912. The minimum absolute atomic E-state index is 0.240. The largest absolute Gasteiger partial charge is 0.496 e. The molecule has 0 atom stereocenters. The molecule has 0 amide bonds. The molecule has 0 aliphatic heterocycles. The molecule has 1 aromatic heterocycles. The van der Waals surface area contributed by atoms with Crippen molar-refractivity contribution in [3.8, 4) is 22.9 Å². The molecule has 0 saturated heterocycles. The molecule has 0 fully saturated rings. The lowest BCUT2D eigenvalue weighted by atomic mass is 9.98. The van der Waals surface area contributed by atoms with Gasteiger partial charge < -0.3 is 10.5 Å². The molecule has 4 heteroatoms. The van der Waals surface area contributed by atoms with Gasteiger partial charge in [0.1, 0.15) is 23.2 Å². The van der Waals surface area contributed by atoms with E-state index < -0.39 is 0 Å². The van der Waals surface area contributed by atoms with Crippen LogP contribution >= 0.6 is 0 Å². The molecule has 1 heterocycles. The highest BCUT2D eigenvalue weighted by atomic mass is 16.5. The van der Waals surface area contributed by atoms with Crippen molar-refractivity contribution < 1.29 is 4.74 Å². The fraction of sp³-hybridized carbons (Fsp3) is 0.200. The van der Waals surface area contributed by atoms with Crippen LogP contribution in [0.25, 0.3) is 11.1 Å². The van der Waals surface area contributed by atoms with Crippen LogP contribution in [0.1, 0.15) is 18.1 Å². The summed E-state index contributed by atoms with van der Waals surface area (Å²) in [5.41, 5.74) is 8.94. The van der Waals surface area contributed by atoms with E-state index in [0.717, 1.165) is 23.3 Å². The molecule has 96 valence electrons. The summed E-state index contributed by atoms with van der Waals surface area (Å²) in [5.74, 6) is 0.961. The Morgan fingerprint density at radius 1 is 1.32 bits per heavy atom. The molecule has 19 heavy (non-hydrogen) atoms. The normalized spacial score (nSPS) is 9.95. The number of aryl methyl sites for hydroxylation is 1. The van der Waals surface area contributed by atoms with Gasteiger partial charge in [0, 0.05) is 17.3 Å². The number of hydrogen-bond acceptors (Lipinski definition) is 4. The second kappa shape index (κ2) is 5.40. The van der Waals surface area contributed by atoms with E-state index in [4.69, 9.17) is 10.5 Å². The summed E-state index contributed by atoms with van der Waals surface area (Å²) in [4.78, 5) is 3.95. The molecule has 1 aromatic carbocycles. The summed E-state index contributed by atoms with van der Waals surface area (Å²) in [7, 11) is 1.61. The van der Waals surface area contributed by atoms with Crippen LogP contribution in [0.4, 0.5) is 5.82 Å². The van der Waals surface area contributed by atoms with Gasteiger partial charge in [0.05, 0.1) is 7.11 Å². The molecule has 4 nitrogen and oxygen atoms in total. The van der Waals surface area contributed by atoms with E-state index in [0.29, 0.717) is 5.56 Å². The highest BCUT2D eigenvalue weighted by molar-refractivity contribution is 5.79. The summed E-state index contributed by atoms with van der Waals surface area (Å²) >= 11 is 0. The minimum Gasteiger partial charge on any atom is -0.496 e. The van der Waals surface area contributed by atoms with Gasteiger partial charge in [-0.25, -0.2) is 4.98 Å². The number of rotatable bonds is 3. The molecule has 0 spiro atoms. The zero-order chi connectivity index (χ0) is 13.8. The summed E-state index contributed by atoms with van der Waals surface area (Å²) in [6.07, 6.45) is 2.52. The lowest BCUT2D eigenvalue weighted by Crippen LogP contribution is -1.98. The topological polar surface area (TPSA) is 71.9 Å². The van der Waals surface area contributed by atoms with Crippen molar-refractivity contribution in [1.29, 1.82) is 5.26 Å². The number of hydrogen-bond donors (Lipinski definition) is 1. The maximum atomic E-state index is 9.24. The first-order chi connectivity index (χ1) is 9.21. The van der Waals surface area contributed by atoms with Gasteiger partial charge in [-0.1, -0.05) is 13.0 Å². The van der Waals surface area contributed by atoms with Gasteiger partial charge in [0.15, 0.2) is 0 Å². The maximum absolute atomic E-state index is 9.24. The Morgan fingerprint density at radius 2 is 2.11 bits per heavy atom. The van der Waals surface area contributed by atoms with Crippen LogP contribution in [-0.2, 0) is 6.42 Å². The maximum Gasteiger partial charge on any atom is 0.141 e. The molecule has 0 bridgehead atoms. The first-order valence-electron chi connectivity index (χ1n) is 6.03. The van der Waals surface area contributed by atoms with Crippen molar-refractivity contribution >= 4 is 5.82 Å². The number of nitrogens with two attached hydrogens (primary N) is 1. The molecule has 0 unspecified atom stereocenters. The molecule has 2 aromatic rings. The van der Waals surface area contributed by atoms with Gasteiger partial charge in [-0.2, -0.15) is 5.26 Å². The van der Waals surface area contributed by atoms with Crippen LogP contribution in [0.3, 0.4) is 0 Å². The highest BCUT2D eigenvalue weighted by Crippen LogP contribution is 2.34. The van der Waals surface area contributed by atoms with Crippen LogP contribution in [0.5, 0.6) is 5.75 Å². The first-order valence-corrected chi connectivity index (χ1v) is 6.03. The van der Waals surface area contributed by atoms with Crippen LogP contribution in [0.2, 0.25) is 0 Å². The van der Waals surface area contributed by atoms with Gasteiger partial charge in [0.2, 0.25) is 0 Å². The number of anilines is 1. The van der Waals surface area contributed by atoms with E-state index in [2.05, 4.69) is 18.0 Å². The molecule has 2 N–H and O–H groups in total. The monoisotopic (exact) mass is 253 g/mol. The van der Waals surface area contributed by atoms with Gasteiger partial charge in [-0.05, 0) is 30.2 Å². The number of nitriles is 1. The molecular weight excluding hydrogens is 238 g/mol. The average molecular weight is 253 g/mol. The van der Waals surface area contributed by atoms with Crippen molar-refractivity contribution in [1.82, 2.24) is 4.98 Å². The molecular formula is C15H15N3O. The van der Waals surface area contributed by atoms with E-state index in [-0.39, 0.29) is 5.82 Å². The number of ether oxygens (including phenoxy) is 1. The Balaban J connectivity index is 2.71. The second-order valence-corrected chi connectivity index (χ2v) is 4.12. The predicted molar refractivity (Wildman–Crippen MR) is 74.7 cm³/mol. The molecule has 2 rings (SSSR count). The number of nitrogen functional groups attached to an aromatic ring is 1. The Hall–Kier alpha value is -2.54. The smallest absolute Gasteiger partial charge is 0.141 e. The van der Waals surface area contributed by atoms with E-state index >= 15 is 0 Å².